The monoisotopic (exact) mass is 240 g/mol. The van der Waals surface area contributed by atoms with Gasteiger partial charge in [0.1, 0.15) is 0 Å². The van der Waals surface area contributed by atoms with Crippen molar-refractivity contribution in [2.24, 2.45) is 0 Å². The Balaban J connectivity index is 1.72. The van der Waals surface area contributed by atoms with Crippen LogP contribution in [0.2, 0.25) is 0 Å². The summed E-state index contributed by atoms with van der Waals surface area (Å²) in [5.41, 5.74) is 1.86. The highest BCUT2D eigenvalue weighted by molar-refractivity contribution is 5.56. The zero-order chi connectivity index (χ0) is 12.2. The zero-order valence-corrected chi connectivity index (χ0v) is 10.2. The van der Waals surface area contributed by atoms with E-state index in [0.717, 1.165) is 17.2 Å². The molecule has 0 aromatic carbocycles. The maximum atomic E-state index is 4.36. The van der Waals surface area contributed by atoms with Crippen LogP contribution in [0.3, 0.4) is 0 Å². The third kappa shape index (κ3) is 2.47. The Labute approximate surface area is 107 Å². The van der Waals surface area contributed by atoms with Crippen molar-refractivity contribution in [2.45, 2.75) is 31.7 Å². The Bertz CT molecular complexity index is 489. The van der Waals surface area contributed by atoms with Crippen LogP contribution in [0.25, 0.3) is 11.3 Å². The van der Waals surface area contributed by atoms with Crippen molar-refractivity contribution in [3.63, 3.8) is 0 Å². The molecule has 92 valence electrons. The summed E-state index contributed by atoms with van der Waals surface area (Å²) in [6.45, 7) is 0. The van der Waals surface area contributed by atoms with Gasteiger partial charge in [0.2, 0.25) is 5.95 Å². The molecule has 0 atom stereocenters. The predicted molar refractivity (Wildman–Crippen MR) is 71.1 cm³/mol. The van der Waals surface area contributed by atoms with Gasteiger partial charge in [-0.25, -0.2) is 9.97 Å². The predicted octanol–water partition coefficient (Wildman–Crippen LogP) is 2.89. The van der Waals surface area contributed by atoms with Gasteiger partial charge in [-0.2, -0.15) is 0 Å². The summed E-state index contributed by atoms with van der Waals surface area (Å²) in [5, 5.41) is 3.38. The van der Waals surface area contributed by atoms with Crippen molar-refractivity contribution < 1.29 is 0 Å². The molecular weight excluding hydrogens is 224 g/mol. The van der Waals surface area contributed by atoms with Gasteiger partial charge in [0.15, 0.2) is 0 Å². The fourth-order valence-corrected chi connectivity index (χ4v) is 2.32. The number of pyridine rings is 1. The molecule has 0 aliphatic heterocycles. The molecule has 0 spiro atoms. The van der Waals surface area contributed by atoms with Crippen LogP contribution in [0.15, 0.2) is 36.8 Å². The van der Waals surface area contributed by atoms with E-state index in [-0.39, 0.29) is 0 Å². The molecule has 1 fully saturated rings. The van der Waals surface area contributed by atoms with Crippen molar-refractivity contribution >= 4 is 5.95 Å². The average Bonchev–Trinajstić information content (AvgIpc) is 2.94. The van der Waals surface area contributed by atoms with E-state index in [2.05, 4.69) is 20.3 Å². The topological polar surface area (TPSA) is 50.7 Å². The molecule has 0 saturated heterocycles. The van der Waals surface area contributed by atoms with E-state index >= 15 is 0 Å². The molecule has 3 rings (SSSR count). The van der Waals surface area contributed by atoms with E-state index in [1.165, 1.54) is 25.7 Å². The summed E-state index contributed by atoms with van der Waals surface area (Å²) >= 11 is 0. The maximum Gasteiger partial charge on any atom is 0.222 e. The standard InChI is InChI=1S/C14H16N4/c1-2-6-12(5-1)18-14-16-9-11(10-17-14)13-7-3-4-8-15-13/h3-4,7-10,12H,1-2,5-6H2,(H,16,17,18). The van der Waals surface area contributed by atoms with Crippen molar-refractivity contribution in [2.75, 3.05) is 5.32 Å². The van der Waals surface area contributed by atoms with Gasteiger partial charge in [-0.15, -0.1) is 0 Å². The maximum absolute atomic E-state index is 4.36. The highest BCUT2D eigenvalue weighted by atomic mass is 15.1. The lowest BCUT2D eigenvalue weighted by Crippen LogP contribution is -2.16. The summed E-state index contributed by atoms with van der Waals surface area (Å²) in [6.07, 6.45) is 10.5. The molecule has 0 radical (unpaired) electrons. The SMILES string of the molecule is c1ccc(-c2cnc(NC3CCCC3)nc2)nc1. The molecule has 1 aliphatic rings. The Hall–Kier alpha value is -1.97. The van der Waals surface area contributed by atoms with E-state index in [1.807, 2.05) is 30.6 Å². The van der Waals surface area contributed by atoms with E-state index in [4.69, 9.17) is 0 Å². The number of aromatic nitrogens is 3. The van der Waals surface area contributed by atoms with E-state index in [0.29, 0.717) is 6.04 Å². The Kier molecular flexibility index (Phi) is 3.17. The molecule has 0 unspecified atom stereocenters. The molecule has 4 heteroatoms. The van der Waals surface area contributed by atoms with Crippen LogP contribution in [-0.2, 0) is 0 Å². The first-order valence-electron chi connectivity index (χ1n) is 6.42. The molecule has 18 heavy (non-hydrogen) atoms. The quantitative estimate of drug-likeness (QED) is 0.896. The third-order valence-electron chi connectivity index (χ3n) is 3.30. The second-order valence-corrected chi connectivity index (χ2v) is 4.64. The first-order chi connectivity index (χ1) is 8.92. The minimum absolute atomic E-state index is 0.547. The molecule has 2 aromatic rings. The van der Waals surface area contributed by atoms with Gasteiger partial charge < -0.3 is 5.32 Å². The van der Waals surface area contributed by atoms with Gasteiger partial charge in [0.25, 0.3) is 0 Å². The third-order valence-corrected chi connectivity index (χ3v) is 3.30. The normalized spacial score (nSPS) is 15.8. The number of hydrogen-bond acceptors (Lipinski definition) is 4. The number of nitrogens with one attached hydrogen (secondary N) is 1. The minimum atomic E-state index is 0.547. The van der Waals surface area contributed by atoms with Gasteiger partial charge in [-0.3, -0.25) is 4.98 Å². The molecule has 4 nitrogen and oxygen atoms in total. The summed E-state index contributed by atoms with van der Waals surface area (Å²) in [6, 6.07) is 6.38. The highest BCUT2D eigenvalue weighted by Crippen LogP contribution is 2.21. The molecule has 1 aliphatic carbocycles. The summed E-state index contributed by atoms with van der Waals surface area (Å²) in [4.78, 5) is 13.0. The summed E-state index contributed by atoms with van der Waals surface area (Å²) in [7, 11) is 0. The summed E-state index contributed by atoms with van der Waals surface area (Å²) in [5.74, 6) is 0.724. The molecule has 1 saturated carbocycles. The molecule has 1 N–H and O–H groups in total. The van der Waals surface area contributed by atoms with Crippen LogP contribution in [0.1, 0.15) is 25.7 Å². The van der Waals surface area contributed by atoms with E-state index in [9.17, 15) is 0 Å². The number of anilines is 1. The lowest BCUT2D eigenvalue weighted by atomic mass is 10.2. The molecule has 2 heterocycles. The Morgan fingerprint density at radius 3 is 2.44 bits per heavy atom. The minimum Gasteiger partial charge on any atom is -0.351 e. The fourth-order valence-electron chi connectivity index (χ4n) is 2.32. The van der Waals surface area contributed by atoms with Crippen LogP contribution in [0.4, 0.5) is 5.95 Å². The Morgan fingerprint density at radius 1 is 1.00 bits per heavy atom. The average molecular weight is 240 g/mol. The fraction of sp³-hybridized carbons (Fsp3) is 0.357. The number of nitrogens with zero attached hydrogens (tertiary/aromatic N) is 3. The lowest BCUT2D eigenvalue weighted by molar-refractivity contribution is 0.744. The lowest BCUT2D eigenvalue weighted by Gasteiger charge is -2.11. The van der Waals surface area contributed by atoms with Crippen LogP contribution in [0.5, 0.6) is 0 Å². The van der Waals surface area contributed by atoms with Crippen molar-refractivity contribution in [1.29, 1.82) is 0 Å². The second kappa shape index (κ2) is 5.12. The van der Waals surface area contributed by atoms with Gasteiger partial charge in [-0.05, 0) is 25.0 Å². The van der Waals surface area contributed by atoms with Crippen LogP contribution >= 0.6 is 0 Å². The van der Waals surface area contributed by atoms with Crippen molar-refractivity contribution in [3.05, 3.63) is 36.8 Å². The first-order valence-corrected chi connectivity index (χ1v) is 6.42. The van der Waals surface area contributed by atoms with Gasteiger partial charge in [0.05, 0.1) is 5.69 Å². The highest BCUT2D eigenvalue weighted by Gasteiger charge is 2.15. The van der Waals surface area contributed by atoms with E-state index in [1.54, 1.807) is 6.20 Å². The summed E-state index contributed by atoms with van der Waals surface area (Å²) < 4.78 is 0. The van der Waals surface area contributed by atoms with Gasteiger partial charge in [-0.1, -0.05) is 18.9 Å². The smallest absolute Gasteiger partial charge is 0.222 e. The molecule has 0 amide bonds. The molecule has 2 aromatic heterocycles. The van der Waals surface area contributed by atoms with Gasteiger partial charge in [0, 0.05) is 30.2 Å². The van der Waals surface area contributed by atoms with E-state index < -0.39 is 0 Å². The van der Waals surface area contributed by atoms with Crippen molar-refractivity contribution in [1.82, 2.24) is 15.0 Å². The Morgan fingerprint density at radius 2 is 1.78 bits per heavy atom. The zero-order valence-electron chi connectivity index (χ0n) is 10.2. The first kappa shape index (κ1) is 11.1. The van der Waals surface area contributed by atoms with Crippen molar-refractivity contribution in [3.8, 4) is 11.3 Å². The number of rotatable bonds is 3. The number of hydrogen-bond donors (Lipinski definition) is 1. The van der Waals surface area contributed by atoms with Crippen LogP contribution in [0, 0.1) is 0 Å². The van der Waals surface area contributed by atoms with Gasteiger partial charge >= 0.3 is 0 Å². The second-order valence-electron chi connectivity index (χ2n) is 4.64. The largest absolute Gasteiger partial charge is 0.351 e. The van der Waals surface area contributed by atoms with Crippen LogP contribution < -0.4 is 5.32 Å². The molecular formula is C14H16N4. The van der Waals surface area contributed by atoms with Crippen LogP contribution in [-0.4, -0.2) is 21.0 Å². The molecule has 0 bridgehead atoms.